The van der Waals surface area contributed by atoms with E-state index in [1.165, 1.54) is 7.11 Å². The predicted octanol–water partition coefficient (Wildman–Crippen LogP) is 2.22. The molecule has 4 nitrogen and oxygen atoms in total. The average molecular weight is 264 g/mol. The molecule has 2 unspecified atom stereocenters. The molecule has 0 heterocycles. The predicted molar refractivity (Wildman–Crippen MR) is 70.7 cm³/mol. The summed E-state index contributed by atoms with van der Waals surface area (Å²) in [5.74, 6) is -0.660. The lowest BCUT2D eigenvalue weighted by Gasteiger charge is -1.94. The van der Waals surface area contributed by atoms with Crippen molar-refractivity contribution in [2.24, 2.45) is 0 Å². The van der Waals surface area contributed by atoms with Gasteiger partial charge >= 0.3 is 11.9 Å². The molecule has 0 spiro atoms. The maximum absolute atomic E-state index is 10.6. The minimum Gasteiger partial charge on any atom is -0.465 e. The molecular formula is C10H18O4P2. The summed E-state index contributed by atoms with van der Waals surface area (Å²) in [5, 5.41) is 0.350. The van der Waals surface area contributed by atoms with E-state index in [0.29, 0.717) is 10.9 Å². The molecule has 0 aliphatic rings. The molecule has 0 saturated heterocycles. The first-order chi connectivity index (χ1) is 7.40. The molecule has 0 fully saturated rings. The van der Waals surface area contributed by atoms with Gasteiger partial charge in [-0.05, 0) is 13.3 Å². The van der Waals surface area contributed by atoms with Crippen LogP contribution in [0.15, 0.2) is 23.5 Å². The maximum atomic E-state index is 10.6. The SMILES string of the molecule is C=C(P)C(=O)OC.CCC=C(C)C(=O)OP. The van der Waals surface area contributed by atoms with E-state index in [1.807, 2.05) is 22.5 Å². The third-order valence-electron chi connectivity index (χ3n) is 1.39. The quantitative estimate of drug-likeness (QED) is 0.445. The first kappa shape index (κ1) is 17.7. The van der Waals surface area contributed by atoms with Crippen LogP contribution in [-0.4, -0.2) is 19.0 Å². The molecule has 0 N–H and O–H groups in total. The van der Waals surface area contributed by atoms with Crippen molar-refractivity contribution in [3.8, 4) is 0 Å². The fourth-order valence-electron chi connectivity index (χ4n) is 0.614. The van der Waals surface area contributed by atoms with Gasteiger partial charge in [-0.3, -0.25) is 0 Å². The Hall–Kier alpha value is -0.720. The third kappa shape index (κ3) is 9.82. The number of hydrogen-bond acceptors (Lipinski definition) is 4. The van der Waals surface area contributed by atoms with E-state index < -0.39 is 0 Å². The van der Waals surface area contributed by atoms with Gasteiger partial charge in [-0.1, -0.05) is 28.8 Å². The number of esters is 1. The Bertz CT molecular complexity index is 285. The van der Waals surface area contributed by atoms with Crippen LogP contribution in [0.5, 0.6) is 0 Å². The second kappa shape index (κ2) is 10.8. The molecule has 92 valence electrons. The van der Waals surface area contributed by atoms with Crippen LogP contribution in [-0.2, 0) is 18.8 Å². The Kier molecular flexibility index (Phi) is 11.9. The van der Waals surface area contributed by atoms with E-state index in [4.69, 9.17) is 0 Å². The summed E-state index contributed by atoms with van der Waals surface area (Å²) in [6.45, 7) is 7.02. The monoisotopic (exact) mass is 264 g/mol. The lowest BCUT2D eigenvalue weighted by molar-refractivity contribution is -0.135. The molecule has 16 heavy (non-hydrogen) atoms. The number of carbonyl (C=O) groups excluding carboxylic acids is 2. The normalized spacial score (nSPS) is 9.69. The minimum absolute atomic E-state index is 0.276. The molecule has 0 amide bonds. The Morgan fingerprint density at radius 3 is 2.06 bits per heavy atom. The zero-order valence-electron chi connectivity index (χ0n) is 9.78. The number of methoxy groups -OCH3 is 1. The standard InChI is InChI=1S/C6H11O2P.C4H7O2P/c1-3-4-5(2)6(7)8-9;1-3(7)4(5)6-2/h4H,3,9H2,1-2H3;1,7H2,2H3. The summed E-state index contributed by atoms with van der Waals surface area (Å²) in [6.07, 6.45) is 2.69. The summed E-state index contributed by atoms with van der Waals surface area (Å²) in [4.78, 5) is 20.8. The van der Waals surface area contributed by atoms with Crippen LogP contribution in [0.3, 0.4) is 0 Å². The van der Waals surface area contributed by atoms with Crippen molar-refractivity contribution in [1.82, 2.24) is 0 Å². The van der Waals surface area contributed by atoms with Crippen molar-refractivity contribution in [2.75, 3.05) is 7.11 Å². The Balaban J connectivity index is 0. The van der Waals surface area contributed by atoms with Gasteiger partial charge in [-0.2, -0.15) is 0 Å². The van der Waals surface area contributed by atoms with E-state index in [9.17, 15) is 9.59 Å². The molecule has 0 aromatic heterocycles. The molecule has 0 bridgehead atoms. The molecular weight excluding hydrogens is 246 g/mol. The van der Waals surface area contributed by atoms with Crippen molar-refractivity contribution >= 4 is 30.6 Å². The highest BCUT2D eigenvalue weighted by Crippen LogP contribution is 2.01. The van der Waals surface area contributed by atoms with Crippen LogP contribution in [0, 0.1) is 0 Å². The van der Waals surface area contributed by atoms with E-state index >= 15 is 0 Å². The van der Waals surface area contributed by atoms with Crippen molar-refractivity contribution in [1.29, 1.82) is 0 Å². The van der Waals surface area contributed by atoms with Crippen molar-refractivity contribution in [2.45, 2.75) is 20.3 Å². The first-order valence-corrected chi connectivity index (χ1v) is 5.56. The third-order valence-corrected chi connectivity index (χ3v) is 1.84. The zero-order chi connectivity index (χ0) is 13.1. The van der Waals surface area contributed by atoms with Crippen LogP contribution in [0.4, 0.5) is 0 Å². The average Bonchev–Trinajstić information content (AvgIpc) is 2.27. The van der Waals surface area contributed by atoms with Crippen molar-refractivity contribution in [3.05, 3.63) is 23.5 Å². The lowest BCUT2D eigenvalue weighted by atomic mass is 10.2. The van der Waals surface area contributed by atoms with Gasteiger partial charge in [0.05, 0.1) is 16.6 Å². The molecule has 2 atom stereocenters. The lowest BCUT2D eigenvalue weighted by Crippen LogP contribution is -1.96. The van der Waals surface area contributed by atoms with Crippen LogP contribution in [0.25, 0.3) is 0 Å². The highest BCUT2D eigenvalue weighted by Gasteiger charge is 1.99. The van der Waals surface area contributed by atoms with E-state index in [1.54, 1.807) is 6.92 Å². The van der Waals surface area contributed by atoms with E-state index in [2.05, 4.69) is 25.1 Å². The highest BCUT2D eigenvalue weighted by molar-refractivity contribution is 7.24. The molecule has 0 aromatic carbocycles. The molecule has 0 aromatic rings. The second-order valence-electron chi connectivity index (χ2n) is 2.72. The van der Waals surface area contributed by atoms with Crippen LogP contribution in [0.2, 0.25) is 0 Å². The number of carbonyl (C=O) groups is 2. The van der Waals surface area contributed by atoms with Gasteiger partial charge in [0.2, 0.25) is 0 Å². The number of rotatable bonds is 3. The largest absolute Gasteiger partial charge is 0.465 e. The smallest absolute Gasteiger partial charge is 0.337 e. The van der Waals surface area contributed by atoms with Crippen LogP contribution >= 0.6 is 18.7 Å². The highest BCUT2D eigenvalue weighted by atomic mass is 31.0. The number of ether oxygens (including phenoxy) is 1. The fourth-order valence-corrected chi connectivity index (χ4v) is 0.917. The molecule has 6 heteroatoms. The molecule has 0 radical (unpaired) electrons. The Morgan fingerprint density at radius 2 is 1.88 bits per heavy atom. The van der Waals surface area contributed by atoms with E-state index in [-0.39, 0.29) is 11.9 Å². The molecule has 0 saturated carbocycles. The summed E-state index contributed by atoms with van der Waals surface area (Å²) in [5.41, 5.74) is 0.660. The number of hydrogen-bond donors (Lipinski definition) is 0. The molecule has 0 rings (SSSR count). The second-order valence-corrected chi connectivity index (χ2v) is 3.65. The van der Waals surface area contributed by atoms with Crippen molar-refractivity contribution in [3.63, 3.8) is 0 Å². The molecule has 0 aliphatic heterocycles. The van der Waals surface area contributed by atoms with Crippen LogP contribution < -0.4 is 0 Å². The number of allylic oxidation sites excluding steroid dienone is 1. The van der Waals surface area contributed by atoms with E-state index in [0.717, 1.165) is 6.42 Å². The van der Waals surface area contributed by atoms with Crippen molar-refractivity contribution < 1.29 is 18.8 Å². The Labute approximate surface area is 101 Å². The summed E-state index contributed by atoms with van der Waals surface area (Å²) < 4.78 is 8.63. The first-order valence-electron chi connectivity index (χ1n) is 4.51. The zero-order valence-corrected chi connectivity index (χ0v) is 12.1. The summed E-state index contributed by atoms with van der Waals surface area (Å²) in [6, 6.07) is 0. The summed E-state index contributed by atoms with van der Waals surface area (Å²) >= 11 is 0. The van der Waals surface area contributed by atoms with Gasteiger partial charge in [0.1, 0.15) is 0 Å². The van der Waals surface area contributed by atoms with Crippen LogP contribution in [0.1, 0.15) is 20.3 Å². The minimum atomic E-state index is -0.384. The van der Waals surface area contributed by atoms with Gasteiger partial charge in [0.15, 0.2) is 0 Å². The van der Waals surface area contributed by atoms with Gasteiger partial charge < -0.3 is 9.26 Å². The summed E-state index contributed by atoms with van der Waals surface area (Å²) in [7, 11) is 5.39. The van der Waals surface area contributed by atoms with Gasteiger partial charge in [0.25, 0.3) is 0 Å². The van der Waals surface area contributed by atoms with Gasteiger partial charge in [-0.15, -0.1) is 0 Å². The topological polar surface area (TPSA) is 52.6 Å². The van der Waals surface area contributed by atoms with Gasteiger partial charge in [-0.25, -0.2) is 9.59 Å². The Morgan fingerprint density at radius 1 is 1.38 bits per heavy atom. The fraction of sp³-hybridized carbons (Fsp3) is 0.400. The molecule has 0 aliphatic carbocycles. The maximum Gasteiger partial charge on any atom is 0.337 e. The van der Waals surface area contributed by atoms with Gasteiger partial charge in [0, 0.05) is 10.9 Å².